The molecule has 28 heavy (non-hydrogen) atoms. The summed E-state index contributed by atoms with van der Waals surface area (Å²) in [6, 6.07) is 11.3. The van der Waals surface area contributed by atoms with Gasteiger partial charge in [-0.15, -0.1) is 0 Å². The molecule has 0 aliphatic rings. The van der Waals surface area contributed by atoms with Crippen molar-refractivity contribution in [2.75, 3.05) is 0 Å². The molecule has 0 spiro atoms. The van der Waals surface area contributed by atoms with Crippen LogP contribution in [-0.2, 0) is 11.2 Å². The Bertz CT molecular complexity index is 937. The minimum Gasteiger partial charge on any atom is -0.441 e. The average molecular weight is 449 g/mol. The number of amides is 1. The molecule has 0 aliphatic carbocycles. The fourth-order valence-corrected chi connectivity index (χ4v) is 3.14. The smallest absolute Gasteiger partial charge is 0.220 e. The van der Waals surface area contributed by atoms with E-state index in [2.05, 4.69) is 26.2 Å². The summed E-state index contributed by atoms with van der Waals surface area (Å²) in [4.78, 5) is 16.3. The Morgan fingerprint density at radius 1 is 1.18 bits per heavy atom. The first-order valence-corrected chi connectivity index (χ1v) is 9.71. The lowest BCUT2D eigenvalue weighted by Crippen LogP contribution is -2.28. The number of aromatic nitrogens is 1. The molecular formula is C21H19BrF2N2O2. The minimum atomic E-state index is -0.722. The summed E-state index contributed by atoms with van der Waals surface area (Å²) < 4.78 is 34.1. The highest BCUT2D eigenvalue weighted by Gasteiger charge is 2.17. The molecule has 2 aromatic carbocycles. The SMILES string of the molecule is CC[C@@H](NC(=O)CCc1ncc(-c2c(F)cccc2F)o1)c1ccc(Br)cc1. The summed E-state index contributed by atoms with van der Waals surface area (Å²) in [6.07, 6.45) is 2.42. The van der Waals surface area contributed by atoms with Crippen molar-refractivity contribution < 1.29 is 18.0 Å². The molecule has 0 saturated carbocycles. The van der Waals surface area contributed by atoms with E-state index in [1.54, 1.807) is 0 Å². The van der Waals surface area contributed by atoms with Gasteiger partial charge in [0, 0.05) is 17.3 Å². The highest BCUT2D eigenvalue weighted by molar-refractivity contribution is 9.10. The van der Waals surface area contributed by atoms with Gasteiger partial charge >= 0.3 is 0 Å². The van der Waals surface area contributed by atoms with Crippen LogP contribution in [0.3, 0.4) is 0 Å². The van der Waals surface area contributed by atoms with Gasteiger partial charge < -0.3 is 9.73 Å². The van der Waals surface area contributed by atoms with Crippen LogP contribution in [-0.4, -0.2) is 10.9 Å². The Hall–Kier alpha value is -2.54. The number of benzene rings is 2. The number of rotatable bonds is 7. The Balaban J connectivity index is 1.60. The molecule has 146 valence electrons. The van der Waals surface area contributed by atoms with Gasteiger partial charge in [-0.1, -0.05) is 41.1 Å². The van der Waals surface area contributed by atoms with E-state index in [4.69, 9.17) is 4.42 Å². The molecule has 1 heterocycles. The topological polar surface area (TPSA) is 55.1 Å². The lowest BCUT2D eigenvalue weighted by atomic mass is 10.0. The van der Waals surface area contributed by atoms with Crippen LogP contribution in [0.5, 0.6) is 0 Å². The third-order valence-electron chi connectivity index (χ3n) is 4.34. The van der Waals surface area contributed by atoms with Crippen molar-refractivity contribution >= 4 is 21.8 Å². The second kappa shape index (κ2) is 9.10. The maximum atomic E-state index is 13.8. The molecule has 0 fully saturated rings. The minimum absolute atomic E-state index is 0.00676. The van der Waals surface area contributed by atoms with Crippen LogP contribution in [0.25, 0.3) is 11.3 Å². The molecule has 7 heteroatoms. The number of nitrogens with zero attached hydrogens (tertiary/aromatic N) is 1. The Kier molecular flexibility index (Phi) is 6.57. The lowest BCUT2D eigenvalue weighted by Gasteiger charge is -2.17. The number of carbonyl (C=O) groups excluding carboxylic acids is 1. The summed E-state index contributed by atoms with van der Waals surface area (Å²) in [5.41, 5.74) is 0.763. The van der Waals surface area contributed by atoms with Crippen molar-refractivity contribution in [1.29, 1.82) is 0 Å². The zero-order chi connectivity index (χ0) is 20.1. The van der Waals surface area contributed by atoms with Gasteiger partial charge in [-0.2, -0.15) is 0 Å². The van der Waals surface area contributed by atoms with Crippen LogP contribution in [0.2, 0.25) is 0 Å². The predicted octanol–water partition coefficient (Wildman–Crippen LogP) is 5.58. The van der Waals surface area contributed by atoms with E-state index in [0.717, 1.165) is 28.6 Å². The van der Waals surface area contributed by atoms with Crippen molar-refractivity contribution in [3.05, 3.63) is 76.2 Å². The van der Waals surface area contributed by atoms with E-state index in [1.807, 2.05) is 31.2 Å². The van der Waals surface area contributed by atoms with Crippen LogP contribution >= 0.6 is 15.9 Å². The molecule has 3 rings (SSSR count). The van der Waals surface area contributed by atoms with Crippen molar-refractivity contribution in [2.24, 2.45) is 0 Å². The van der Waals surface area contributed by atoms with Gasteiger partial charge in [-0.3, -0.25) is 4.79 Å². The highest BCUT2D eigenvalue weighted by atomic mass is 79.9. The van der Waals surface area contributed by atoms with Gasteiger partial charge in [0.05, 0.1) is 17.8 Å². The standard InChI is InChI=1S/C21H19BrF2N2O2/c1-2-17(13-6-8-14(22)9-7-13)26-19(27)10-11-20-25-12-18(28-20)21-15(23)4-3-5-16(21)24/h3-9,12,17H,2,10-11H2,1H3,(H,26,27)/t17-/m1/s1. The number of hydrogen-bond donors (Lipinski definition) is 1. The van der Waals surface area contributed by atoms with Crippen molar-refractivity contribution in [2.45, 2.75) is 32.2 Å². The fourth-order valence-electron chi connectivity index (χ4n) is 2.88. The third-order valence-corrected chi connectivity index (χ3v) is 4.87. The molecule has 0 saturated heterocycles. The number of halogens is 3. The number of oxazole rings is 1. The van der Waals surface area contributed by atoms with E-state index >= 15 is 0 Å². The first-order chi connectivity index (χ1) is 13.5. The summed E-state index contributed by atoms with van der Waals surface area (Å²) in [5.74, 6) is -1.33. The molecule has 0 aliphatic heterocycles. The van der Waals surface area contributed by atoms with Crippen LogP contribution in [0.15, 0.2) is 57.6 Å². The lowest BCUT2D eigenvalue weighted by molar-refractivity contribution is -0.121. The molecule has 1 amide bonds. The quantitative estimate of drug-likeness (QED) is 0.512. The van der Waals surface area contributed by atoms with E-state index in [-0.39, 0.29) is 42.0 Å². The summed E-state index contributed by atoms with van der Waals surface area (Å²) >= 11 is 3.39. The number of aryl methyl sites for hydroxylation is 1. The Labute approximate surface area is 170 Å². The second-order valence-electron chi connectivity index (χ2n) is 6.29. The molecule has 0 unspecified atom stereocenters. The molecular weight excluding hydrogens is 430 g/mol. The van der Waals surface area contributed by atoms with Crippen molar-refractivity contribution in [3.63, 3.8) is 0 Å². The van der Waals surface area contributed by atoms with Gasteiger partial charge in [0.25, 0.3) is 0 Å². The zero-order valence-corrected chi connectivity index (χ0v) is 16.8. The zero-order valence-electron chi connectivity index (χ0n) is 15.2. The van der Waals surface area contributed by atoms with E-state index in [9.17, 15) is 13.6 Å². The molecule has 1 atom stereocenters. The van der Waals surface area contributed by atoms with Crippen LogP contribution in [0, 0.1) is 11.6 Å². The maximum Gasteiger partial charge on any atom is 0.220 e. The van der Waals surface area contributed by atoms with Crippen LogP contribution < -0.4 is 5.32 Å². The predicted molar refractivity (Wildman–Crippen MR) is 105 cm³/mol. The molecule has 4 nitrogen and oxygen atoms in total. The summed E-state index contributed by atoms with van der Waals surface area (Å²) in [6.45, 7) is 2.00. The first-order valence-electron chi connectivity index (χ1n) is 8.91. The van der Waals surface area contributed by atoms with Crippen molar-refractivity contribution in [3.8, 4) is 11.3 Å². The Morgan fingerprint density at radius 3 is 2.50 bits per heavy atom. The van der Waals surface area contributed by atoms with Crippen LogP contribution in [0.4, 0.5) is 8.78 Å². The average Bonchev–Trinajstić information content (AvgIpc) is 3.14. The maximum absolute atomic E-state index is 13.8. The highest BCUT2D eigenvalue weighted by Crippen LogP contribution is 2.27. The molecule has 0 bridgehead atoms. The largest absolute Gasteiger partial charge is 0.441 e. The summed E-state index contributed by atoms with van der Waals surface area (Å²) in [5, 5.41) is 2.99. The third kappa shape index (κ3) is 4.84. The van der Waals surface area contributed by atoms with E-state index in [0.29, 0.717) is 0 Å². The molecule has 1 N–H and O–H groups in total. The normalized spacial score (nSPS) is 12.0. The summed E-state index contributed by atoms with van der Waals surface area (Å²) in [7, 11) is 0. The van der Waals surface area contributed by atoms with Gasteiger partial charge in [0.15, 0.2) is 11.7 Å². The van der Waals surface area contributed by atoms with Gasteiger partial charge in [-0.05, 0) is 36.2 Å². The van der Waals surface area contributed by atoms with Gasteiger partial charge in [0.1, 0.15) is 11.6 Å². The van der Waals surface area contributed by atoms with Crippen LogP contribution in [0.1, 0.15) is 37.3 Å². The van der Waals surface area contributed by atoms with E-state index in [1.165, 1.54) is 12.3 Å². The van der Waals surface area contributed by atoms with Gasteiger partial charge in [-0.25, -0.2) is 13.8 Å². The number of hydrogen-bond acceptors (Lipinski definition) is 3. The van der Waals surface area contributed by atoms with Crippen molar-refractivity contribution in [1.82, 2.24) is 10.3 Å². The fraction of sp³-hybridized carbons (Fsp3) is 0.238. The second-order valence-corrected chi connectivity index (χ2v) is 7.21. The Morgan fingerprint density at radius 2 is 1.86 bits per heavy atom. The molecule has 3 aromatic rings. The monoisotopic (exact) mass is 448 g/mol. The van der Waals surface area contributed by atoms with E-state index < -0.39 is 11.6 Å². The number of nitrogens with one attached hydrogen (secondary N) is 1. The first kappa shape index (κ1) is 20.2. The molecule has 1 aromatic heterocycles. The molecule has 0 radical (unpaired) electrons. The van der Waals surface area contributed by atoms with Gasteiger partial charge in [0.2, 0.25) is 5.91 Å². The number of carbonyl (C=O) groups is 1.